The maximum atomic E-state index is 12.1. The van der Waals surface area contributed by atoms with Crippen molar-refractivity contribution < 1.29 is 14.3 Å². The summed E-state index contributed by atoms with van der Waals surface area (Å²) >= 11 is 0. The highest BCUT2D eigenvalue weighted by atomic mass is 16.5. The fraction of sp³-hybridized carbons (Fsp3) is 0.188. The summed E-state index contributed by atoms with van der Waals surface area (Å²) in [6.45, 7) is 0.784. The molecule has 0 radical (unpaired) electrons. The molecule has 0 aliphatic carbocycles. The number of nitrogens with zero attached hydrogens (tertiary/aromatic N) is 2. The van der Waals surface area contributed by atoms with E-state index in [1.54, 1.807) is 25.3 Å². The van der Waals surface area contributed by atoms with E-state index in [0.717, 1.165) is 17.0 Å². The van der Waals surface area contributed by atoms with Crippen molar-refractivity contribution in [2.75, 3.05) is 20.3 Å². The number of hydrogen-bond acceptors (Lipinski definition) is 5. The number of amides is 1. The van der Waals surface area contributed by atoms with Gasteiger partial charge in [0.2, 0.25) is 0 Å². The van der Waals surface area contributed by atoms with Crippen LogP contribution in [0.25, 0.3) is 11.0 Å². The highest BCUT2D eigenvalue weighted by Crippen LogP contribution is 2.16. The Morgan fingerprint density at radius 3 is 2.61 bits per heavy atom. The molecule has 23 heavy (non-hydrogen) atoms. The van der Waals surface area contributed by atoms with Crippen LogP contribution in [0.4, 0.5) is 0 Å². The number of fused-ring (bicyclic) bond motifs is 1. The van der Waals surface area contributed by atoms with Crippen LogP contribution >= 0.6 is 0 Å². The highest BCUT2D eigenvalue weighted by Gasteiger charge is 2.07. The molecule has 0 bridgehead atoms. The zero-order chi connectivity index (χ0) is 16.1. The van der Waals surface area contributed by atoms with E-state index in [1.807, 2.05) is 24.3 Å². The third-order valence-electron chi connectivity index (χ3n) is 3.29. The first-order chi connectivity index (χ1) is 11.3. The van der Waals surface area contributed by atoms with Gasteiger partial charge >= 0.3 is 0 Å². The summed E-state index contributed by atoms with van der Waals surface area (Å²) in [7, 11) is 1.61. The van der Waals surface area contributed by atoms with Crippen molar-refractivity contribution in [1.29, 1.82) is 0 Å². The lowest BCUT2D eigenvalue weighted by atomic mass is 10.2. The number of methoxy groups -OCH3 is 1. The Labute approximate surface area is 132 Å². The summed E-state index contributed by atoms with van der Waals surface area (Å²) in [6, 6.07) is 12.4. The van der Waals surface area contributed by atoms with Crippen LogP contribution in [0.1, 0.15) is 10.4 Å². The molecular formula is C16H16N4O3. The van der Waals surface area contributed by atoms with E-state index in [-0.39, 0.29) is 5.91 Å². The molecule has 0 atom stereocenters. The highest BCUT2D eigenvalue weighted by molar-refractivity contribution is 5.97. The monoisotopic (exact) mass is 312 g/mol. The molecule has 0 spiro atoms. The molecule has 1 aromatic heterocycles. The molecule has 3 rings (SSSR count). The van der Waals surface area contributed by atoms with Crippen LogP contribution in [0, 0.1) is 0 Å². The lowest BCUT2D eigenvalue weighted by Gasteiger charge is -2.08. The maximum Gasteiger partial charge on any atom is 0.251 e. The van der Waals surface area contributed by atoms with Gasteiger partial charge in [0.1, 0.15) is 29.1 Å². The first kappa shape index (κ1) is 14.8. The zero-order valence-corrected chi connectivity index (χ0v) is 12.6. The van der Waals surface area contributed by atoms with Gasteiger partial charge in [0.05, 0.1) is 13.7 Å². The molecule has 118 valence electrons. The smallest absolute Gasteiger partial charge is 0.251 e. The number of aromatic nitrogens is 3. The summed E-state index contributed by atoms with van der Waals surface area (Å²) in [5.74, 6) is 1.33. The quantitative estimate of drug-likeness (QED) is 0.677. The van der Waals surface area contributed by atoms with Crippen LogP contribution in [0.2, 0.25) is 0 Å². The number of ether oxygens (including phenoxy) is 2. The van der Waals surface area contributed by atoms with Gasteiger partial charge in [0, 0.05) is 5.56 Å². The maximum absolute atomic E-state index is 12.1. The van der Waals surface area contributed by atoms with Gasteiger partial charge < -0.3 is 14.8 Å². The topological polar surface area (TPSA) is 89.1 Å². The van der Waals surface area contributed by atoms with Crippen LogP contribution in [0.15, 0.2) is 42.5 Å². The van der Waals surface area contributed by atoms with Gasteiger partial charge in [-0.15, -0.1) is 0 Å². The number of carbonyl (C=O) groups excluding carboxylic acids is 1. The average Bonchev–Trinajstić information content (AvgIpc) is 3.06. The normalized spacial score (nSPS) is 10.5. The van der Waals surface area contributed by atoms with Gasteiger partial charge in [0.15, 0.2) is 0 Å². The molecule has 3 aromatic rings. The molecule has 7 heteroatoms. The molecule has 1 heterocycles. The van der Waals surface area contributed by atoms with Gasteiger partial charge in [-0.3, -0.25) is 4.79 Å². The van der Waals surface area contributed by atoms with Crippen LogP contribution < -0.4 is 14.8 Å². The third kappa shape index (κ3) is 3.57. The molecule has 0 saturated heterocycles. The SMILES string of the molecule is COc1ccc(OCCNC(=O)c2ccc3n[nH]nc3c2)cc1. The number of H-pyrrole nitrogens is 1. The summed E-state index contributed by atoms with van der Waals surface area (Å²) in [5.41, 5.74) is 1.92. The van der Waals surface area contributed by atoms with Crippen molar-refractivity contribution >= 4 is 16.9 Å². The number of nitrogens with one attached hydrogen (secondary N) is 2. The molecule has 2 aromatic carbocycles. The molecular weight excluding hydrogens is 296 g/mol. The van der Waals surface area contributed by atoms with Crippen molar-refractivity contribution in [2.24, 2.45) is 0 Å². The molecule has 0 unspecified atom stereocenters. The number of benzene rings is 2. The van der Waals surface area contributed by atoms with E-state index in [1.165, 1.54) is 0 Å². The zero-order valence-electron chi connectivity index (χ0n) is 12.6. The number of carbonyl (C=O) groups is 1. The average molecular weight is 312 g/mol. The van der Waals surface area contributed by atoms with Gasteiger partial charge in [-0.2, -0.15) is 15.4 Å². The summed E-state index contributed by atoms with van der Waals surface area (Å²) in [5, 5.41) is 13.2. The van der Waals surface area contributed by atoms with Crippen LogP contribution in [0.5, 0.6) is 11.5 Å². The second-order valence-corrected chi connectivity index (χ2v) is 4.81. The van der Waals surface area contributed by atoms with Crippen molar-refractivity contribution in [3.05, 3.63) is 48.0 Å². The lowest BCUT2D eigenvalue weighted by molar-refractivity contribution is 0.0947. The first-order valence-corrected chi connectivity index (χ1v) is 7.12. The minimum Gasteiger partial charge on any atom is -0.497 e. The minimum atomic E-state index is -0.173. The van der Waals surface area contributed by atoms with E-state index in [4.69, 9.17) is 9.47 Å². The number of rotatable bonds is 6. The standard InChI is InChI=1S/C16H16N4O3/c1-22-12-3-5-13(6-4-12)23-9-8-17-16(21)11-2-7-14-15(10-11)19-20-18-14/h2-7,10H,8-9H2,1H3,(H,17,21)(H,18,19,20). The predicted molar refractivity (Wildman–Crippen MR) is 84.7 cm³/mol. The van der Waals surface area contributed by atoms with Crippen LogP contribution in [-0.4, -0.2) is 41.6 Å². The molecule has 0 saturated carbocycles. The van der Waals surface area contributed by atoms with Crippen molar-refractivity contribution in [3.63, 3.8) is 0 Å². The number of aromatic amines is 1. The van der Waals surface area contributed by atoms with E-state index in [2.05, 4.69) is 20.7 Å². The van der Waals surface area contributed by atoms with Gasteiger partial charge in [-0.1, -0.05) is 0 Å². The van der Waals surface area contributed by atoms with Crippen molar-refractivity contribution in [1.82, 2.24) is 20.7 Å². The van der Waals surface area contributed by atoms with Crippen molar-refractivity contribution in [2.45, 2.75) is 0 Å². The Hall–Kier alpha value is -3.09. The van der Waals surface area contributed by atoms with Crippen LogP contribution in [-0.2, 0) is 0 Å². The molecule has 0 aliphatic heterocycles. The van der Waals surface area contributed by atoms with Crippen LogP contribution in [0.3, 0.4) is 0 Å². The van der Waals surface area contributed by atoms with E-state index in [9.17, 15) is 4.79 Å². The van der Waals surface area contributed by atoms with Crippen molar-refractivity contribution in [3.8, 4) is 11.5 Å². The Kier molecular flexibility index (Phi) is 4.37. The lowest BCUT2D eigenvalue weighted by Crippen LogP contribution is -2.28. The largest absolute Gasteiger partial charge is 0.497 e. The van der Waals surface area contributed by atoms with E-state index in [0.29, 0.717) is 24.2 Å². The second kappa shape index (κ2) is 6.78. The van der Waals surface area contributed by atoms with Gasteiger partial charge in [-0.25, -0.2) is 0 Å². The Morgan fingerprint density at radius 1 is 1.09 bits per heavy atom. The molecule has 7 nitrogen and oxygen atoms in total. The Balaban J connectivity index is 1.48. The molecule has 0 aliphatic rings. The first-order valence-electron chi connectivity index (χ1n) is 7.12. The Bertz CT molecular complexity index is 798. The third-order valence-corrected chi connectivity index (χ3v) is 3.29. The van der Waals surface area contributed by atoms with Gasteiger partial charge in [-0.05, 0) is 42.5 Å². The fourth-order valence-electron chi connectivity index (χ4n) is 2.09. The van der Waals surface area contributed by atoms with Gasteiger partial charge in [0.25, 0.3) is 5.91 Å². The van der Waals surface area contributed by atoms with E-state index >= 15 is 0 Å². The van der Waals surface area contributed by atoms with E-state index < -0.39 is 0 Å². The fourth-order valence-corrected chi connectivity index (χ4v) is 2.09. The predicted octanol–water partition coefficient (Wildman–Crippen LogP) is 1.78. The summed E-state index contributed by atoms with van der Waals surface area (Å²) in [6.07, 6.45) is 0. The summed E-state index contributed by atoms with van der Waals surface area (Å²) < 4.78 is 10.6. The summed E-state index contributed by atoms with van der Waals surface area (Å²) in [4.78, 5) is 12.1. The second-order valence-electron chi connectivity index (χ2n) is 4.81. The molecule has 1 amide bonds. The molecule has 2 N–H and O–H groups in total. The molecule has 0 fully saturated rings. The Morgan fingerprint density at radius 2 is 1.83 bits per heavy atom. The minimum absolute atomic E-state index is 0.173. The number of hydrogen-bond donors (Lipinski definition) is 2.